The van der Waals surface area contributed by atoms with Crippen molar-refractivity contribution >= 4 is 5.91 Å². The standard InChI is InChI=1S/C15H20N2O3/c1-11(7-8-18)10-17-15(19)12(2)20-14-5-3-13(9-16)4-6-14/h3-6,11-12,18H,7-8,10H2,1-2H3,(H,17,19). The fraction of sp³-hybridized carbons (Fsp3) is 0.467. The molecule has 0 saturated heterocycles. The van der Waals surface area contributed by atoms with E-state index in [0.29, 0.717) is 24.3 Å². The second-order valence-electron chi connectivity index (χ2n) is 4.76. The molecule has 0 spiro atoms. The Bertz CT molecular complexity index is 465. The van der Waals surface area contributed by atoms with Crippen LogP contribution in [0.4, 0.5) is 0 Å². The molecular formula is C15H20N2O3. The molecule has 2 atom stereocenters. The molecule has 2 N–H and O–H groups in total. The predicted molar refractivity (Wildman–Crippen MR) is 75.1 cm³/mol. The highest BCUT2D eigenvalue weighted by Crippen LogP contribution is 2.13. The van der Waals surface area contributed by atoms with Crippen molar-refractivity contribution in [3.63, 3.8) is 0 Å². The molecule has 1 rings (SSSR count). The van der Waals surface area contributed by atoms with Gasteiger partial charge in [0.1, 0.15) is 5.75 Å². The van der Waals surface area contributed by atoms with Gasteiger partial charge in [0.2, 0.25) is 0 Å². The van der Waals surface area contributed by atoms with Crippen molar-refractivity contribution in [2.24, 2.45) is 5.92 Å². The Morgan fingerprint density at radius 2 is 2.05 bits per heavy atom. The predicted octanol–water partition coefficient (Wildman–Crippen LogP) is 1.46. The van der Waals surface area contributed by atoms with Crippen LogP contribution in [0, 0.1) is 17.2 Å². The van der Waals surface area contributed by atoms with Gasteiger partial charge in [0.15, 0.2) is 6.10 Å². The molecule has 2 unspecified atom stereocenters. The lowest BCUT2D eigenvalue weighted by Gasteiger charge is -2.16. The molecule has 0 heterocycles. The number of aliphatic hydroxyl groups excluding tert-OH is 1. The number of hydrogen-bond donors (Lipinski definition) is 2. The van der Waals surface area contributed by atoms with E-state index in [1.54, 1.807) is 31.2 Å². The average molecular weight is 276 g/mol. The Morgan fingerprint density at radius 1 is 1.40 bits per heavy atom. The first-order chi connectivity index (χ1) is 9.56. The molecule has 20 heavy (non-hydrogen) atoms. The van der Waals surface area contributed by atoms with Gasteiger partial charge >= 0.3 is 0 Å². The average Bonchev–Trinajstić information content (AvgIpc) is 2.45. The number of rotatable bonds is 7. The normalized spacial score (nSPS) is 13.1. The maximum atomic E-state index is 11.8. The van der Waals surface area contributed by atoms with E-state index >= 15 is 0 Å². The lowest BCUT2D eigenvalue weighted by molar-refractivity contribution is -0.127. The zero-order valence-corrected chi connectivity index (χ0v) is 11.8. The van der Waals surface area contributed by atoms with Crippen LogP contribution < -0.4 is 10.1 Å². The fourth-order valence-corrected chi connectivity index (χ4v) is 1.61. The third-order valence-electron chi connectivity index (χ3n) is 2.91. The van der Waals surface area contributed by atoms with Crippen LogP contribution in [0.25, 0.3) is 0 Å². The van der Waals surface area contributed by atoms with E-state index in [1.807, 2.05) is 13.0 Å². The SMILES string of the molecule is CC(CCO)CNC(=O)C(C)Oc1ccc(C#N)cc1. The number of ether oxygens (including phenoxy) is 1. The maximum Gasteiger partial charge on any atom is 0.260 e. The number of carbonyl (C=O) groups is 1. The fourth-order valence-electron chi connectivity index (χ4n) is 1.61. The molecule has 5 heteroatoms. The Balaban J connectivity index is 2.42. The molecule has 1 aromatic rings. The largest absolute Gasteiger partial charge is 0.481 e. The number of nitrogens with one attached hydrogen (secondary N) is 1. The van der Waals surface area contributed by atoms with E-state index in [1.165, 1.54) is 0 Å². The quantitative estimate of drug-likeness (QED) is 0.790. The van der Waals surface area contributed by atoms with E-state index in [9.17, 15) is 4.79 Å². The van der Waals surface area contributed by atoms with E-state index in [2.05, 4.69) is 5.32 Å². The topological polar surface area (TPSA) is 82.3 Å². The van der Waals surface area contributed by atoms with Gasteiger partial charge in [-0.05, 0) is 43.5 Å². The molecule has 108 valence electrons. The molecule has 0 aromatic heterocycles. The minimum atomic E-state index is -0.607. The molecule has 0 bridgehead atoms. The van der Waals surface area contributed by atoms with Crippen molar-refractivity contribution in [1.82, 2.24) is 5.32 Å². The summed E-state index contributed by atoms with van der Waals surface area (Å²) < 4.78 is 5.50. The Hall–Kier alpha value is -2.06. The lowest BCUT2D eigenvalue weighted by atomic mass is 10.1. The van der Waals surface area contributed by atoms with Crippen LogP contribution in [0.3, 0.4) is 0 Å². The summed E-state index contributed by atoms with van der Waals surface area (Å²) in [6.07, 6.45) is 0.0507. The van der Waals surface area contributed by atoms with Gasteiger partial charge in [-0.25, -0.2) is 0 Å². The summed E-state index contributed by atoms with van der Waals surface area (Å²) >= 11 is 0. The van der Waals surface area contributed by atoms with E-state index in [4.69, 9.17) is 15.1 Å². The summed E-state index contributed by atoms with van der Waals surface area (Å²) in [6.45, 7) is 4.27. The van der Waals surface area contributed by atoms with Crippen molar-refractivity contribution in [3.8, 4) is 11.8 Å². The highest BCUT2D eigenvalue weighted by atomic mass is 16.5. The smallest absolute Gasteiger partial charge is 0.260 e. The van der Waals surface area contributed by atoms with Crippen LogP contribution in [0.5, 0.6) is 5.75 Å². The lowest BCUT2D eigenvalue weighted by Crippen LogP contribution is -2.38. The van der Waals surface area contributed by atoms with Crippen LogP contribution in [0.15, 0.2) is 24.3 Å². The number of nitrogens with zero attached hydrogens (tertiary/aromatic N) is 1. The minimum absolute atomic E-state index is 0.119. The summed E-state index contributed by atoms with van der Waals surface area (Å²) in [4.78, 5) is 11.8. The number of hydrogen-bond acceptors (Lipinski definition) is 4. The monoisotopic (exact) mass is 276 g/mol. The Morgan fingerprint density at radius 3 is 2.60 bits per heavy atom. The van der Waals surface area contributed by atoms with E-state index in [-0.39, 0.29) is 18.4 Å². The molecule has 0 aliphatic heterocycles. The molecule has 0 aliphatic carbocycles. The van der Waals surface area contributed by atoms with Crippen LogP contribution in [0.1, 0.15) is 25.8 Å². The second-order valence-corrected chi connectivity index (χ2v) is 4.76. The van der Waals surface area contributed by atoms with Crippen molar-refractivity contribution in [2.45, 2.75) is 26.4 Å². The summed E-state index contributed by atoms with van der Waals surface area (Å²) in [6, 6.07) is 8.63. The number of carbonyl (C=O) groups excluding carboxylic acids is 1. The summed E-state index contributed by atoms with van der Waals surface area (Å²) in [5.41, 5.74) is 0.548. The number of benzene rings is 1. The molecule has 0 saturated carbocycles. The molecule has 0 aliphatic rings. The summed E-state index contributed by atoms with van der Waals surface area (Å²) in [5, 5.41) is 20.3. The van der Waals surface area contributed by atoms with E-state index in [0.717, 1.165) is 0 Å². The van der Waals surface area contributed by atoms with Gasteiger partial charge in [0, 0.05) is 13.2 Å². The van der Waals surface area contributed by atoms with Gasteiger partial charge in [-0.2, -0.15) is 5.26 Å². The highest BCUT2D eigenvalue weighted by Gasteiger charge is 2.15. The Kier molecular flexibility index (Phi) is 6.54. The summed E-state index contributed by atoms with van der Waals surface area (Å²) in [5.74, 6) is 0.584. The molecule has 1 aromatic carbocycles. The molecular weight excluding hydrogens is 256 g/mol. The van der Waals surface area contributed by atoms with Gasteiger partial charge in [0.25, 0.3) is 5.91 Å². The van der Waals surface area contributed by atoms with Gasteiger partial charge in [-0.3, -0.25) is 4.79 Å². The van der Waals surface area contributed by atoms with Gasteiger partial charge in [-0.15, -0.1) is 0 Å². The van der Waals surface area contributed by atoms with Gasteiger partial charge in [-0.1, -0.05) is 6.92 Å². The highest BCUT2D eigenvalue weighted by molar-refractivity contribution is 5.80. The molecule has 5 nitrogen and oxygen atoms in total. The summed E-state index contributed by atoms with van der Waals surface area (Å²) in [7, 11) is 0. The first kappa shape index (κ1) is 16.0. The maximum absolute atomic E-state index is 11.8. The van der Waals surface area contributed by atoms with Gasteiger partial charge < -0.3 is 15.2 Å². The molecule has 0 fully saturated rings. The van der Waals surface area contributed by atoms with Crippen molar-refractivity contribution < 1.29 is 14.6 Å². The number of nitriles is 1. The number of aliphatic hydroxyl groups is 1. The van der Waals surface area contributed by atoms with Gasteiger partial charge in [0.05, 0.1) is 11.6 Å². The zero-order valence-electron chi connectivity index (χ0n) is 11.8. The first-order valence-electron chi connectivity index (χ1n) is 6.62. The molecule has 0 radical (unpaired) electrons. The molecule has 1 amide bonds. The van der Waals surface area contributed by atoms with Crippen molar-refractivity contribution in [1.29, 1.82) is 5.26 Å². The van der Waals surface area contributed by atoms with Crippen LogP contribution in [-0.2, 0) is 4.79 Å². The van der Waals surface area contributed by atoms with Crippen LogP contribution in [0.2, 0.25) is 0 Å². The zero-order chi connectivity index (χ0) is 15.0. The van der Waals surface area contributed by atoms with Crippen molar-refractivity contribution in [2.75, 3.05) is 13.2 Å². The number of amides is 1. The third kappa shape index (κ3) is 5.29. The van der Waals surface area contributed by atoms with Crippen LogP contribution in [-0.4, -0.2) is 30.3 Å². The minimum Gasteiger partial charge on any atom is -0.481 e. The van der Waals surface area contributed by atoms with E-state index < -0.39 is 6.10 Å². The second kappa shape index (κ2) is 8.18. The van der Waals surface area contributed by atoms with Crippen molar-refractivity contribution in [3.05, 3.63) is 29.8 Å². The van der Waals surface area contributed by atoms with Crippen LogP contribution >= 0.6 is 0 Å². The third-order valence-corrected chi connectivity index (χ3v) is 2.91. The Labute approximate surface area is 119 Å². The first-order valence-corrected chi connectivity index (χ1v) is 6.62.